The number of nitrogens with one attached hydrogen (secondary N) is 1. The molecule has 2 N–H and O–H groups in total. The predicted octanol–water partition coefficient (Wildman–Crippen LogP) is 5.04. The van der Waals surface area contributed by atoms with E-state index in [0.717, 1.165) is 12.8 Å². The van der Waals surface area contributed by atoms with Crippen molar-refractivity contribution in [2.24, 2.45) is 7.05 Å². The number of hydrogen-bond acceptors (Lipinski definition) is 5. The van der Waals surface area contributed by atoms with E-state index in [9.17, 15) is 20.0 Å². The van der Waals surface area contributed by atoms with Crippen LogP contribution in [0, 0.1) is 11.3 Å². The van der Waals surface area contributed by atoms with Crippen LogP contribution in [-0.2, 0) is 23.3 Å². The van der Waals surface area contributed by atoms with E-state index < -0.39 is 30.0 Å². The van der Waals surface area contributed by atoms with Gasteiger partial charge in [0.15, 0.2) is 0 Å². The van der Waals surface area contributed by atoms with Crippen molar-refractivity contribution in [2.75, 3.05) is 0 Å². The van der Waals surface area contributed by atoms with Crippen LogP contribution in [0.3, 0.4) is 0 Å². The molecular formula is C29H28Cl2N4O4. The highest BCUT2D eigenvalue weighted by Crippen LogP contribution is 2.47. The quantitative estimate of drug-likeness (QED) is 0.406. The van der Waals surface area contributed by atoms with E-state index in [-0.39, 0.29) is 12.5 Å². The Morgan fingerprint density at radius 2 is 1.90 bits per heavy atom. The lowest BCUT2D eigenvalue weighted by molar-refractivity contribution is -0.138. The molecule has 1 aliphatic heterocycles. The van der Waals surface area contributed by atoms with Gasteiger partial charge in [-0.1, -0.05) is 60.3 Å². The van der Waals surface area contributed by atoms with E-state index in [2.05, 4.69) is 11.5 Å². The van der Waals surface area contributed by atoms with Gasteiger partial charge >= 0.3 is 0 Å². The number of rotatable bonds is 6. The fourth-order valence-electron chi connectivity index (χ4n) is 5.74. The maximum absolute atomic E-state index is 14.0. The molecule has 4 atom stereocenters. The topological polar surface area (TPSA) is 108 Å². The molecule has 1 unspecified atom stereocenters. The van der Waals surface area contributed by atoms with Gasteiger partial charge in [-0.05, 0) is 54.3 Å². The van der Waals surface area contributed by atoms with Gasteiger partial charge < -0.3 is 14.6 Å². The predicted molar refractivity (Wildman–Crippen MR) is 146 cm³/mol. The summed E-state index contributed by atoms with van der Waals surface area (Å²) in [5.74, 6) is -1.60. The highest BCUT2D eigenvalue weighted by atomic mass is 35.5. The molecule has 10 heteroatoms. The summed E-state index contributed by atoms with van der Waals surface area (Å²) in [6, 6.07) is 16.2. The molecule has 0 saturated heterocycles. The van der Waals surface area contributed by atoms with Crippen molar-refractivity contribution < 1.29 is 19.5 Å². The van der Waals surface area contributed by atoms with Gasteiger partial charge in [-0.3, -0.25) is 14.4 Å². The number of hydrogen-bond donors (Lipinski definition) is 2. The Hall–Kier alpha value is -3.35. The van der Waals surface area contributed by atoms with Gasteiger partial charge in [0.25, 0.3) is 11.8 Å². The number of carbonyl (C=O) groups is 2. The molecule has 1 fully saturated rings. The molecule has 0 radical (unpaired) electrons. The molecule has 2 heterocycles. The fourth-order valence-corrected chi connectivity index (χ4v) is 6.26. The summed E-state index contributed by atoms with van der Waals surface area (Å²) < 4.78 is 1.68. The average molecular weight is 567 g/mol. The highest BCUT2D eigenvalue weighted by Gasteiger charge is 2.49. The molecule has 2 amide bonds. The van der Waals surface area contributed by atoms with Crippen molar-refractivity contribution in [3.8, 4) is 6.07 Å². The van der Waals surface area contributed by atoms with E-state index in [1.165, 1.54) is 0 Å². The van der Waals surface area contributed by atoms with E-state index >= 15 is 0 Å². The Bertz CT molecular complexity index is 1450. The SMILES string of the molecule is Cn1c(C#N)ccc1CONC(=O)[C@@H]1c2ccccc2C(=O)N([C@H]2CCCCC2O)[C@H]1c1ccc(Cl)cc1Cl. The minimum Gasteiger partial charge on any atom is -0.391 e. The second-order valence-electron chi connectivity index (χ2n) is 9.94. The summed E-state index contributed by atoms with van der Waals surface area (Å²) >= 11 is 12.9. The highest BCUT2D eigenvalue weighted by molar-refractivity contribution is 6.35. The summed E-state index contributed by atoms with van der Waals surface area (Å²) in [4.78, 5) is 35.2. The van der Waals surface area contributed by atoms with Gasteiger partial charge in [-0.25, -0.2) is 5.48 Å². The van der Waals surface area contributed by atoms with Gasteiger partial charge in [-0.2, -0.15) is 5.26 Å². The summed E-state index contributed by atoms with van der Waals surface area (Å²) in [5.41, 5.74) is 5.25. The van der Waals surface area contributed by atoms with Crippen molar-refractivity contribution in [2.45, 2.75) is 56.4 Å². The van der Waals surface area contributed by atoms with Crippen molar-refractivity contribution >= 4 is 35.0 Å². The van der Waals surface area contributed by atoms with Crippen LogP contribution in [0.25, 0.3) is 0 Å². The van der Waals surface area contributed by atoms with E-state index in [4.69, 9.17) is 28.0 Å². The first-order valence-electron chi connectivity index (χ1n) is 12.8. The third kappa shape index (κ3) is 5.15. The zero-order valence-electron chi connectivity index (χ0n) is 21.3. The number of benzene rings is 2. The summed E-state index contributed by atoms with van der Waals surface area (Å²) in [6.45, 7) is 0.0363. The second-order valence-corrected chi connectivity index (χ2v) is 10.8. The standard InChI is InChI=1S/C29H28Cl2N4O4/c1-34-18(15-32)11-12-19(34)16-39-33-28(37)26-20-6-2-3-7-21(20)29(38)35(24-8-4-5-9-25(24)36)27(26)22-13-10-17(30)14-23(22)31/h2-3,6-7,10-14,24-27,36H,4-5,8-9,16H2,1H3,(H,33,37)/t24-,25?,26+,27-/m0/s1. The second kappa shape index (κ2) is 11.4. The van der Waals surface area contributed by atoms with Crippen LogP contribution in [0.1, 0.15) is 70.5 Å². The monoisotopic (exact) mass is 566 g/mol. The zero-order valence-corrected chi connectivity index (χ0v) is 22.8. The fraction of sp³-hybridized carbons (Fsp3) is 0.345. The number of nitrogens with zero attached hydrogens (tertiary/aromatic N) is 3. The molecule has 5 rings (SSSR count). The van der Waals surface area contributed by atoms with Crippen LogP contribution in [0.15, 0.2) is 54.6 Å². The molecular weight excluding hydrogens is 539 g/mol. The maximum Gasteiger partial charge on any atom is 0.255 e. The lowest BCUT2D eigenvalue weighted by atomic mass is 9.77. The van der Waals surface area contributed by atoms with Gasteiger partial charge in [0.1, 0.15) is 18.4 Å². The first-order chi connectivity index (χ1) is 18.8. The maximum atomic E-state index is 14.0. The number of aromatic nitrogens is 1. The van der Waals surface area contributed by atoms with Crippen LogP contribution in [-0.4, -0.2) is 38.5 Å². The summed E-state index contributed by atoms with van der Waals surface area (Å²) in [6.07, 6.45) is 2.17. The smallest absolute Gasteiger partial charge is 0.255 e. The van der Waals surface area contributed by atoms with Crippen molar-refractivity contribution in [1.82, 2.24) is 14.9 Å². The number of halogens is 2. The zero-order chi connectivity index (χ0) is 27.7. The summed E-state index contributed by atoms with van der Waals surface area (Å²) in [7, 11) is 1.74. The molecule has 2 aliphatic rings. The Morgan fingerprint density at radius 3 is 2.62 bits per heavy atom. The van der Waals surface area contributed by atoms with Gasteiger partial charge in [0.05, 0.1) is 24.1 Å². The van der Waals surface area contributed by atoms with Crippen molar-refractivity contribution in [3.05, 3.63) is 92.7 Å². The molecule has 39 heavy (non-hydrogen) atoms. The van der Waals surface area contributed by atoms with E-state index in [0.29, 0.717) is 51.0 Å². The molecule has 8 nitrogen and oxygen atoms in total. The molecule has 0 bridgehead atoms. The van der Waals surface area contributed by atoms with Gasteiger partial charge in [0, 0.05) is 28.4 Å². The molecule has 0 spiro atoms. The lowest BCUT2D eigenvalue weighted by Gasteiger charge is -2.48. The van der Waals surface area contributed by atoms with Gasteiger partial charge in [0.2, 0.25) is 0 Å². The third-order valence-electron chi connectivity index (χ3n) is 7.72. The number of hydroxylamine groups is 1. The minimum absolute atomic E-state index is 0.0363. The Labute approximate surface area is 236 Å². The normalized spacial score (nSPS) is 22.7. The van der Waals surface area contributed by atoms with Crippen LogP contribution in [0.5, 0.6) is 0 Å². The van der Waals surface area contributed by atoms with Crippen LogP contribution >= 0.6 is 23.2 Å². The Morgan fingerprint density at radius 1 is 1.13 bits per heavy atom. The summed E-state index contributed by atoms with van der Waals surface area (Å²) in [5, 5.41) is 21.0. The molecule has 202 valence electrons. The Balaban J connectivity index is 1.55. The van der Waals surface area contributed by atoms with Crippen molar-refractivity contribution in [1.29, 1.82) is 5.26 Å². The van der Waals surface area contributed by atoms with E-state index in [1.54, 1.807) is 71.1 Å². The van der Waals surface area contributed by atoms with Crippen LogP contribution in [0.4, 0.5) is 0 Å². The van der Waals surface area contributed by atoms with E-state index in [1.807, 2.05) is 0 Å². The van der Waals surface area contributed by atoms with Crippen LogP contribution in [0.2, 0.25) is 10.0 Å². The number of amides is 2. The number of aliphatic hydroxyl groups excluding tert-OH is 1. The number of carbonyl (C=O) groups excluding carboxylic acids is 2. The largest absolute Gasteiger partial charge is 0.391 e. The van der Waals surface area contributed by atoms with Crippen LogP contribution < -0.4 is 5.48 Å². The molecule has 1 aromatic heterocycles. The molecule has 1 saturated carbocycles. The van der Waals surface area contributed by atoms with Crippen molar-refractivity contribution in [3.63, 3.8) is 0 Å². The minimum atomic E-state index is -0.880. The number of aliphatic hydroxyl groups is 1. The third-order valence-corrected chi connectivity index (χ3v) is 8.29. The first-order valence-corrected chi connectivity index (χ1v) is 13.6. The lowest BCUT2D eigenvalue weighted by Crippen LogP contribution is -2.55. The number of fused-ring (bicyclic) bond motifs is 1. The van der Waals surface area contributed by atoms with Gasteiger partial charge in [-0.15, -0.1) is 0 Å². The molecule has 2 aromatic carbocycles. The molecule has 3 aromatic rings. The first kappa shape index (κ1) is 27.2. The Kier molecular flexibility index (Phi) is 7.96. The number of nitriles is 1. The molecule has 1 aliphatic carbocycles. The average Bonchev–Trinajstić information content (AvgIpc) is 3.28.